The first-order valence-corrected chi connectivity index (χ1v) is 17.9. The van der Waals surface area contributed by atoms with Crippen molar-refractivity contribution in [1.82, 2.24) is 35.1 Å². The van der Waals surface area contributed by atoms with Gasteiger partial charge in [-0.2, -0.15) is 0 Å². The Morgan fingerprint density at radius 2 is 1.74 bits per heavy atom. The minimum atomic E-state index is -0.443. The first kappa shape index (κ1) is 34.2. The van der Waals surface area contributed by atoms with Crippen molar-refractivity contribution in [3.63, 3.8) is 0 Å². The lowest BCUT2D eigenvalue weighted by Gasteiger charge is -2.28. The van der Waals surface area contributed by atoms with Gasteiger partial charge in [0, 0.05) is 79.3 Å². The monoisotopic (exact) mass is 716 g/mol. The van der Waals surface area contributed by atoms with Gasteiger partial charge in [0.2, 0.25) is 11.8 Å². The zero-order valence-electron chi connectivity index (χ0n) is 29.8. The van der Waals surface area contributed by atoms with Gasteiger partial charge < -0.3 is 14.8 Å². The van der Waals surface area contributed by atoms with Crippen molar-refractivity contribution in [1.29, 1.82) is 0 Å². The molecule has 268 valence electrons. The number of pyridine rings is 2. The van der Waals surface area contributed by atoms with Crippen LogP contribution < -0.4 is 15.5 Å². The molecule has 5 heterocycles. The largest absolute Gasteiger partial charge is 0.340 e. The molecule has 0 aliphatic carbocycles. The summed E-state index contributed by atoms with van der Waals surface area (Å²) in [5.41, 5.74) is 6.11. The summed E-state index contributed by atoms with van der Waals surface area (Å²) in [6.45, 7) is 6.05. The molecule has 0 unspecified atom stereocenters. The van der Waals surface area contributed by atoms with E-state index in [-0.39, 0.29) is 36.4 Å². The van der Waals surface area contributed by atoms with E-state index in [1.165, 1.54) is 0 Å². The van der Waals surface area contributed by atoms with Crippen molar-refractivity contribution in [3.05, 3.63) is 108 Å². The lowest BCUT2D eigenvalue weighted by molar-refractivity contribution is -0.130. The number of rotatable bonds is 6. The van der Waals surface area contributed by atoms with E-state index in [2.05, 4.69) is 45.0 Å². The first-order chi connectivity index (χ1) is 26.3. The van der Waals surface area contributed by atoms with Gasteiger partial charge in [-0.3, -0.25) is 34.6 Å². The summed E-state index contributed by atoms with van der Waals surface area (Å²) >= 11 is 0. The Hall–Kier alpha value is -6.87. The SMILES string of the molecule is CCc1nc(-c2cccc3cc(-c4ccc(C(=O)NCC#Cc5cccc6c(N7CCC(=O)NC7=O)cccc56)nc4)ncc23)c2n1CCN(C(C)=O)C2. The molecule has 2 aliphatic heterocycles. The van der Waals surface area contributed by atoms with Crippen LogP contribution in [0.2, 0.25) is 0 Å². The molecule has 0 saturated carbocycles. The Balaban J connectivity index is 0.963. The number of imide groups is 1. The van der Waals surface area contributed by atoms with Crippen molar-refractivity contribution < 1.29 is 19.2 Å². The van der Waals surface area contributed by atoms with Gasteiger partial charge in [0.25, 0.3) is 5.91 Å². The van der Waals surface area contributed by atoms with E-state index in [0.29, 0.717) is 25.3 Å². The van der Waals surface area contributed by atoms with E-state index >= 15 is 0 Å². The Morgan fingerprint density at radius 1 is 0.907 bits per heavy atom. The van der Waals surface area contributed by atoms with E-state index in [0.717, 1.165) is 74.1 Å². The molecule has 2 N–H and O–H groups in total. The lowest BCUT2D eigenvalue weighted by Crippen LogP contribution is -2.49. The Morgan fingerprint density at radius 3 is 2.54 bits per heavy atom. The molecule has 1 fully saturated rings. The Kier molecular flexibility index (Phi) is 9.05. The van der Waals surface area contributed by atoms with Gasteiger partial charge >= 0.3 is 6.03 Å². The van der Waals surface area contributed by atoms with Gasteiger partial charge in [-0.1, -0.05) is 61.2 Å². The van der Waals surface area contributed by atoms with Crippen LogP contribution in [0.1, 0.15) is 47.8 Å². The normalized spacial score (nSPS) is 14.0. The highest BCUT2D eigenvalue weighted by Gasteiger charge is 2.27. The first-order valence-electron chi connectivity index (χ1n) is 17.9. The third kappa shape index (κ3) is 6.41. The van der Waals surface area contributed by atoms with Crippen LogP contribution in [0, 0.1) is 11.8 Å². The number of anilines is 1. The number of imidazole rings is 1. The number of carbonyl (C=O) groups is 4. The number of aromatic nitrogens is 4. The van der Waals surface area contributed by atoms with E-state index < -0.39 is 6.03 Å². The molecule has 54 heavy (non-hydrogen) atoms. The quantitative estimate of drug-likeness (QED) is 0.218. The number of hydrogen-bond acceptors (Lipinski definition) is 7. The molecule has 8 rings (SSSR count). The molecule has 12 heteroatoms. The summed E-state index contributed by atoms with van der Waals surface area (Å²) in [6, 6.07) is 22.5. The smallest absolute Gasteiger partial charge is 0.328 e. The molecular weight excluding hydrogens is 681 g/mol. The number of carbonyl (C=O) groups excluding carboxylic acids is 4. The van der Waals surface area contributed by atoms with Crippen LogP contribution in [-0.4, -0.2) is 67.8 Å². The second-order valence-corrected chi connectivity index (χ2v) is 13.2. The van der Waals surface area contributed by atoms with Gasteiger partial charge in [0.1, 0.15) is 11.5 Å². The average Bonchev–Trinajstić information content (AvgIpc) is 3.57. The summed E-state index contributed by atoms with van der Waals surface area (Å²) in [5.74, 6) is 6.60. The van der Waals surface area contributed by atoms with E-state index in [9.17, 15) is 19.2 Å². The van der Waals surface area contributed by atoms with Gasteiger partial charge in [-0.25, -0.2) is 9.78 Å². The van der Waals surface area contributed by atoms with Crippen LogP contribution in [0.15, 0.2) is 85.2 Å². The Labute approximate surface area is 311 Å². The maximum Gasteiger partial charge on any atom is 0.328 e. The number of amides is 5. The Bertz CT molecular complexity index is 2570. The molecule has 1 saturated heterocycles. The number of nitrogens with one attached hydrogen (secondary N) is 2. The van der Waals surface area contributed by atoms with Crippen LogP contribution in [0.5, 0.6) is 0 Å². The molecule has 2 aliphatic rings. The van der Waals surface area contributed by atoms with E-state index in [4.69, 9.17) is 9.97 Å². The molecule has 12 nitrogen and oxygen atoms in total. The fraction of sp³-hybridized carbons (Fsp3) is 0.214. The molecule has 3 aromatic heterocycles. The average molecular weight is 717 g/mol. The van der Waals surface area contributed by atoms with Crippen LogP contribution >= 0.6 is 0 Å². The van der Waals surface area contributed by atoms with Crippen molar-refractivity contribution in [2.45, 2.75) is 39.8 Å². The maximum absolute atomic E-state index is 13.0. The summed E-state index contributed by atoms with van der Waals surface area (Å²) in [5, 5.41) is 8.85. The van der Waals surface area contributed by atoms with Crippen LogP contribution in [0.3, 0.4) is 0 Å². The molecule has 0 atom stereocenters. The molecule has 6 aromatic rings. The van der Waals surface area contributed by atoms with Gasteiger partial charge in [0.05, 0.1) is 35.9 Å². The van der Waals surface area contributed by atoms with E-state index in [1.54, 1.807) is 24.1 Å². The minimum Gasteiger partial charge on any atom is -0.340 e. The number of aryl methyl sites for hydroxylation is 1. The number of urea groups is 1. The number of nitrogens with zero attached hydrogens (tertiary/aromatic N) is 6. The molecule has 0 radical (unpaired) electrons. The van der Waals surface area contributed by atoms with Crippen molar-refractivity contribution in [2.75, 3.05) is 24.5 Å². The van der Waals surface area contributed by atoms with Gasteiger partial charge in [-0.15, -0.1) is 0 Å². The molecular formula is C42H36N8O4. The highest BCUT2D eigenvalue weighted by atomic mass is 16.2. The third-order valence-electron chi connectivity index (χ3n) is 9.96. The summed E-state index contributed by atoms with van der Waals surface area (Å²) < 4.78 is 2.25. The van der Waals surface area contributed by atoms with Crippen LogP contribution in [0.25, 0.3) is 44.1 Å². The van der Waals surface area contributed by atoms with Crippen molar-refractivity contribution in [2.24, 2.45) is 0 Å². The zero-order valence-corrected chi connectivity index (χ0v) is 29.8. The summed E-state index contributed by atoms with van der Waals surface area (Å²) in [7, 11) is 0. The third-order valence-corrected chi connectivity index (χ3v) is 9.96. The van der Waals surface area contributed by atoms with Gasteiger partial charge in [-0.05, 0) is 41.1 Å². The summed E-state index contributed by atoms with van der Waals surface area (Å²) in [4.78, 5) is 67.0. The molecule has 3 aromatic carbocycles. The second kappa shape index (κ2) is 14.3. The van der Waals surface area contributed by atoms with Crippen molar-refractivity contribution in [3.8, 4) is 34.4 Å². The highest BCUT2D eigenvalue weighted by Crippen LogP contribution is 2.35. The number of hydrogen-bond donors (Lipinski definition) is 2. The van der Waals surface area contributed by atoms with Crippen LogP contribution in [-0.2, 0) is 29.1 Å². The number of fused-ring (bicyclic) bond motifs is 3. The fourth-order valence-corrected chi connectivity index (χ4v) is 7.20. The predicted octanol–water partition coefficient (Wildman–Crippen LogP) is 5.47. The van der Waals surface area contributed by atoms with Crippen molar-refractivity contribution >= 4 is 51.0 Å². The van der Waals surface area contributed by atoms with Gasteiger partial charge in [0.15, 0.2) is 0 Å². The molecule has 0 spiro atoms. The zero-order chi connectivity index (χ0) is 37.3. The predicted molar refractivity (Wildman–Crippen MR) is 205 cm³/mol. The van der Waals surface area contributed by atoms with E-state index in [1.807, 2.05) is 71.8 Å². The second-order valence-electron chi connectivity index (χ2n) is 13.2. The fourth-order valence-electron chi connectivity index (χ4n) is 7.20. The topological polar surface area (TPSA) is 142 Å². The maximum atomic E-state index is 13.0. The minimum absolute atomic E-state index is 0.0572. The summed E-state index contributed by atoms with van der Waals surface area (Å²) in [6.07, 6.45) is 4.53. The molecule has 0 bridgehead atoms. The van der Waals surface area contributed by atoms with Crippen LogP contribution in [0.4, 0.5) is 10.5 Å². The number of benzene rings is 3. The highest BCUT2D eigenvalue weighted by molar-refractivity contribution is 6.10. The lowest BCUT2D eigenvalue weighted by atomic mass is 10.0. The molecule has 5 amide bonds. The standard InChI is InChI=1S/C42H36N8O4/c1-3-38-46-40(37-25-48(26(2)51)20-21-49(37)38)32-13-5-9-28-22-35(45-24-33(28)32)29-15-16-34(44-23-29)41(53)43-18-7-10-27-8-4-12-31-30(27)11-6-14-36(31)50-19-17-39(52)47-42(50)54/h4-6,8-9,11-16,22-24H,3,17-21,25H2,1-2H3,(H,43,53)(H,47,52,54).